The van der Waals surface area contributed by atoms with Gasteiger partial charge in [-0.1, -0.05) is 0 Å². The summed E-state index contributed by atoms with van der Waals surface area (Å²) in [6, 6.07) is 2.62. The van der Waals surface area contributed by atoms with E-state index in [2.05, 4.69) is 15.9 Å². The molecule has 0 atom stereocenters. The van der Waals surface area contributed by atoms with Gasteiger partial charge in [0.25, 0.3) is 0 Å². The van der Waals surface area contributed by atoms with E-state index >= 15 is 0 Å². The largest absolute Gasteiger partial charge is 0.489 e. The van der Waals surface area contributed by atoms with Gasteiger partial charge in [-0.15, -0.1) is 0 Å². The van der Waals surface area contributed by atoms with E-state index in [1.807, 2.05) is 19.0 Å². The summed E-state index contributed by atoms with van der Waals surface area (Å²) < 4.78 is 18.8. The van der Waals surface area contributed by atoms with Crippen LogP contribution in [-0.2, 0) is 0 Å². The number of rotatable bonds is 5. The summed E-state index contributed by atoms with van der Waals surface area (Å²) in [6.07, 6.45) is 0. The molecule has 0 aliphatic carbocycles. The predicted molar refractivity (Wildman–Crippen MR) is 65.1 cm³/mol. The fourth-order valence-corrected chi connectivity index (χ4v) is 1.64. The van der Waals surface area contributed by atoms with E-state index in [4.69, 9.17) is 9.84 Å². The lowest BCUT2D eigenvalue weighted by atomic mass is 10.2. The van der Waals surface area contributed by atoms with Crippen molar-refractivity contribution in [2.24, 2.45) is 0 Å². The van der Waals surface area contributed by atoms with Crippen LogP contribution in [0.3, 0.4) is 0 Å². The SMILES string of the molecule is CN(C)CCOc1ccc(C(=O)O)c(Br)c1F. The molecule has 0 aliphatic heterocycles. The van der Waals surface area contributed by atoms with Crippen molar-refractivity contribution in [2.45, 2.75) is 0 Å². The minimum absolute atomic E-state index is 0.0451. The molecule has 1 aromatic rings. The van der Waals surface area contributed by atoms with E-state index in [0.717, 1.165) is 0 Å². The van der Waals surface area contributed by atoms with Gasteiger partial charge in [0.15, 0.2) is 11.6 Å². The molecule has 0 saturated heterocycles. The van der Waals surface area contributed by atoms with Gasteiger partial charge in [-0.2, -0.15) is 0 Å². The Morgan fingerprint density at radius 2 is 2.18 bits per heavy atom. The number of nitrogens with zero attached hydrogens (tertiary/aromatic N) is 1. The molecule has 94 valence electrons. The second-order valence-electron chi connectivity index (χ2n) is 3.70. The minimum atomic E-state index is -1.18. The first-order chi connectivity index (χ1) is 7.93. The quantitative estimate of drug-likeness (QED) is 0.906. The van der Waals surface area contributed by atoms with E-state index in [1.165, 1.54) is 12.1 Å². The van der Waals surface area contributed by atoms with Crippen molar-refractivity contribution in [3.63, 3.8) is 0 Å². The van der Waals surface area contributed by atoms with Crippen LogP contribution in [-0.4, -0.2) is 43.2 Å². The third-order valence-corrected chi connectivity index (χ3v) is 2.85. The number of hydrogen-bond donors (Lipinski definition) is 1. The molecule has 1 N–H and O–H groups in total. The highest BCUT2D eigenvalue weighted by Gasteiger charge is 2.16. The van der Waals surface area contributed by atoms with Crippen LogP contribution < -0.4 is 4.74 Å². The van der Waals surface area contributed by atoms with E-state index in [1.54, 1.807) is 0 Å². The van der Waals surface area contributed by atoms with E-state index < -0.39 is 11.8 Å². The summed E-state index contributed by atoms with van der Waals surface area (Å²) in [5, 5.41) is 8.79. The van der Waals surface area contributed by atoms with Crippen LogP contribution in [0, 0.1) is 5.82 Å². The first-order valence-electron chi connectivity index (χ1n) is 4.92. The third kappa shape index (κ3) is 3.67. The molecule has 0 saturated carbocycles. The van der Waals surface area contributed by atoms with Crippen molar-refractivity contribution < 1.29 is 19.0 Å². The molecule has 1 aromatic carbocycles. The summed E-state index contributed by atoms with van der Waals surface area (Å²) in [5.74, 6) is -1.83. The number of benzene rings is 1. The molecule has 0 bridgehead atoms. The molecule has 0 spiro atoms. The van der Waals surface area contributed by atoms with Crippen molar-refractivity contribution >= 4 is 21.9 Å². The molecule has 0 unspecified atom stereocenters. The van der Waals surface area contributed by atoms with Crippen LogP contribution in [0.4, 0.5) is 4.39 Å². The van der Waals surface area contributed by atoms with E-state index in [9.17, 15) is 9.18 Å². The average molecular weight is 306 g/mol. The fraction of sp³-hybridized carbons (Fsp3) is 0.364. The van der Waals surface area contributed by atoms with E-state index in [0.29, 0.717) is 13.2 Å². The summed E-state index contributed by atoms with van der Waals surface area (Å²) in [7, 11) is 3.76. The Balaban J connectivity index is 2.82. The molecule has 0 aromatic heterocycles. The van der Waals surface area contributed by atoms with Crippen LogP contribution in [0.25, 0.3) is 0 Å². The van der Waals surface area contributed by atoms with Gasteiger partial charge in [0.05, 0.1) is 10.0 Å². The van der Waals surface area contributed by atoms with Gasteiger partial charge in [0.1, 0.15) is 6.61 Å². The molecule has 0 aliphatic rings. The van der Waals surface area contributed by atoms with Crippen molar-refractivity contribution in [3.8, 4) is 5.75 Å². The Morgan fingerprint density at radius 3 is 2.71 bits per heavy atom. The van der Waals surface area contributed by atoms with Crippen LogP contribution in [0.1, 0.15) is 10.4 Å². The van der Waals surface area contributed by atoms with E-state index in [-0.39, 0.29) is 15.8 Å². The highest BCUT2D eigenvalue weighted by molar-refractivity contribution is 9.10. The Morgan fingerprint density at radius 1 is 1.53 bits per heavy atom. The van der Waals surface area contributed by atoms with Crippen LogP contribution >= 0.6 is 15.9 Å². The minimum Gasteiger partial charge on any atom is -0.489 e. The van der Waals surface area contributed by atoms with Gasteiger partial charge < -0.3 is 14.7 Å². The molecule has 6 heteroatoms. The first kappa shape index (κ1) is 13.9. The Bertz CT molecular complexity index is 423. The van der Waals surface area contributed by atoms with Gasteiger partial charge in [0.2, 0.25) is 0 Å². The lowest BCUT2D eigenvalue weighted by Gasteiger charge is -2.12. The van der Waals surface area contributed by atoms with Gasteiger partial charge in [-0.3, -0.25) is 0 Å². The molecule has 0 amide bonds. The monoisotopic (exact) mass is 305 g/mol. The summed E-state index contributed by atoms with van der Waals surface area (Å²) in [4.78, 5) is 12.6. The van der Waals surface area contributed by atoms with Crippen molar-refractivity contribution in [1.29, 1.82) is 0 Å². The smallest absolute Gasteiger partial charge is 0.336 e. The Kier molecular flexibility index (Phi) is 4.89. The average Bonchev–Trinajstić information content (AvgIpc) is 2.23. The number of hydrogen-bond acceptors (Lipinski definition) is 3. The number of likely N-dealkylation sites (N-methyl/N-ethyl adjacent to an activating group) is 1. The van der Waals surface area contributed by atoms with Gasteiger partial charge in [-0.25, -0.2) is 9.18 Å². The molecule has 0 heterocycles. The first-order valence-corrected chi connectivity index (χ1v) is 5.71. The maximum absolute atomic E-state index is 13.7. The zero-order chi connectivity index (χ0) is 13.0. The second kappa shape index (κ2) is 5.97. The van der Waals surface area contributed by atoms with Crippen molar-refractivity contribution in [3.05, 3.63) is 28.0 Å². The number of carboxylic acid groups (broad SMARTS) is 1. The molecule has 0 fully saturated rings. The van der Waals surface area contributed by atoms with Gasteiger partial charge >= 0.3 is 5.97 Å². The Labute approximate surface area is 107 Å². The number of aromatic carboxylic acids is 1. The lowest BCUT2D eigenvalue weighted by Crippen LogP contribution is -2.19. The Hall–Kier alpha value is -1.14. The summed E-state index contributed by atoms with van der Waals surface area (Å²) in [6.45, 7) is 0.987. The highest BCUT2D eigenvalue weighted by Crippen LogP contribution is 2.28. The lowest BCUT2D eigenvalue weighted by molar-refractivity contribution is 0.0695. The zero-order valence-corrected chi connectivity index (χ0v) is 11.1. The number of ether oxygens (including phenoxy) is 1. The summed E-state index contributed by atoms with van der Waals surface area (Å²) in [5.41, 5.74) is -0.123. The van der Waals surface area contributed by atoms with Crippen LogP contribution in [0.15, 0.2) is 16.6 Å². The van der Waals surface area contributed by atoms with Crippen LogP contribution in [0.5, 0.6) is 5.75 Å². The maximum Gasteiger partial charge on any atom is 0.336 e. The third-order valence-electron chi connectivity index (χ3n) is 2.07. The van der Waals surface area contributed by atoms with Crippen molar-refractivity contribution in [2.75, 3.05) is 27.2 Å². The molecule has 1 rings (SSSR count). The fourth-order valence-electron chi connectivity index (χ4n) is 1.15. The van der Waals surface area contributed by atoms with Gasteiger partial charge in [0, 0.05) is 6.54 Å². The molecule has 17 heavy (non-hydrogen) atoms. The molecule has 0 radical (unpaired) electrons. The standard InChI is InChI=1S/C11H13BrFNO3/c1-14(2)5-6-17-8-4-3-7(11(15)16)9(12)10(8)13/h3-4H,5-6H2,1-2H3,(H,15,16). The van der Waals surface area contributed by atoms with Gasteiger partial charge in [-0.05, 0) is 42.2 Å². The highest BCUT2D eigenvalue weighted by atomic mass is 79.9. The summed E-state index contributed by atoms with van der Waals surface area (Å²) >= 11 is 2.91. The second-order valence-corrected chi connectivity index (χ2v) is 4.49. The molecular formula is C11H13BrFNO3. The number of carbonyl (C=O) groups is 1. The van der Waals surface area contributed by atoms with Crippen LogP contribution in [0.2, 0.25) is 0 Å². The molecular weight excluding hydrogens is 293 g/mol. The maximum atomic E-state index is 13.7. The predicted octanol–water partition coefficient (Wildman–Crippen LogP) is 2.23. The normalized spacial score (nSPS) is 10.6. The number of carboxylic acids is 1. The topological polar surface area (TPSA) is 49.8 Å². The molecule has 4 nitrogen and oxygen atoms in total. The zero-order valence-electron chi connectivity index (χ0n) is 9.54. The number of halogens is 2. The van der Waals surface area contributed by atoms with Crippen molar-refractivity contribution in [1.82, 2.24) is 4.90 Å².